The van der Waals surface area contributed by atoms with Crippen molar-refractivity contribution >= 4 is 50.7 Å². The number of pyridine rings is 1. The van der Waals surface area contributed by atoms with E-state index in [-0.39, 0.29) is 34.8 Å². The molecule has 1 unspecified atom stereocenters. The van der Waals surface area contributed by atoms with Gasteiger partial charge in [0, 0.05) is 10.0 Å². The van der Waals surface area contributed by atoms with Crippen LogP contribution in [0.15, 0.2) is 46.9 Å². The van der Waals surface area contributed by atoms with Gasteiger partial charge >= 0.3 is 30.1 Å². The number of alkyl halides is 12. The standard InChI is InChI=1S/C26H15BrClF12N3O3/c1-10-12(6-7-17(41-10)23(30,31)32)20(44)42-16-5-3-4-13(19(16)46-2)21(45)43-18-14(27)8-11(9-15(18)28)22(29,25(35,36)37)24(33,34)26(38,39)40/h3-9H,1-2H3,(H,42,44)(H,43,45). The van der Waals surface area contributed by atoms with Crippen LogP contribution in [0.1, 0.15) is 37.7 Å². The van der Waals surface area contributed by atoms with E-state index in [9.17, 15) is 62.3 Å². The Morgan fingerprint density at radius 3 is 1.89 bits per heavy atom. The van der Waals surface area contributed by atoms with Crippen LogP contribution >= 0.6 is 27.5 Å². The number of nitrogens with one attached hydrogen (secondary N) is 2. The minimum Gasteiger partial charge on any atom is -0.494 e. The number of rotatable bonds is 7. The summed E-state index contributed by atoms with van der Waals surface area (Å²) in [7, 11) is 1.03. The highest BCUT2D eigenvalue weighted by molar-refractivity contribution is 9.10. The number of carbonyl (C=O) groups excluding carboxylic acids is 2. The SMILES string of the molecule is COc1c(NC(=O)c2ccc(C(F)(F)F)nc2C)cccc1C(=O)Nc1c(Cl)cc(C(F)(C(F)(F)F)C(F)(F)C(F)(F)F)cc1Br. The third-order valence-corrected chi connectivity index (χ3v) is 7.11. The van der Waals surface area contributed by atoms with Crippen LogP contribution in [-0.2, 0) is 11.8 Å². The van der Waals surface area contributed by atoms with E-state index in [1.165, 1.54) is 12.1 Å². The number of hydrogen-bond donors (Lipinski definition) is 2. The Bertz CT molecular complexity index is 1660. The minimum absolute atomic E-state index is 0.0804. The molecule has 1 heterocycles. The molecule has 1 aromatic heterocycles. The van der Waals surface area contributed by atoms with Crippen LogP contribution in [0.3, 0.4) is 0 Å². The number of nitrogens with zero attached hydrogens (tertiary/aromatic N) is 1. The first-order valence-corrected chi connectivity index (χ1v) is 13.1. The maximum Gasteiger partial charge on any atom is 0.457 e. The molecular formula is C26H15BrClF12N3O3. The summed E-state index contributed by atoms with van der Waals surface area (Å²) in [5.74, 6) is -9.53. The number of aryl methyl sites for hydroxylation is 1. The Morgan fingerprint density at radius 2 is 1.41 bits per heavy atom. The Morgan fingerprint density at radius 1 is 0.826 bits per heavy atom. The van der Waals surface area contributed by atoms with E-state index in [2.05, 4.69) is 31.5 Å². The molecule has 0 fully saturated rings. The molecule has 2 aromatic carbocycles. The molecule has 0 saturated heterocycles. The predicted octanol–water partition coefficient (Wildman–Crippen LogP) is 9.26. The second-order valence-corrected chi connectivity index (χ2v) is 10.4. The van der Waals surface area contributed by atoms with Gasteiger partial charge < -0.3 is 15.4 Å². The van der Waals surface area contributed by atoms with Crippen LogP contribution in [0.4, 0.5) is 64.1 Å². The van der Waals surface area contributed by atoms with E-state index in [0.717, 1.165) is 26.2 Å². The highest BCUT2D eigenvalue weighted by Crippen LogP contribution is 2.59. The van der Waals surface area contributed by atoms with Crippen molar-refractivity contribution in [3.63, 3.8) is 0 Å². The van der Waals surface area contributed by atoms with E-state index in [4.69, 9.17) is 16.3 Å². The van der Waals surface area contributed by atoms with Gasteiger partial charge in [0.15, 0.2) is 5.75 Å². The van der Waals surface area contributed by atoms with Gasteiger partial charge in [0.2, 0.25) is 0 Å². The fraction of sp³-hybridized carbons (Fsp3) is 0.269. The molecule has 0 aliphatic rings. The van der Waals surface area contributed by atoms with Gasteiger partial charge in [-0.3, -0.25) is 9.59 Å². The summed E-state index contributed by atoms with van der Waals surface area (Å²) in [6, 6.07) is 4.63. The number of anilines is 2. The number of para-hydroxylation sites is 1. The maximum absolute atomic E-state index is 14.9. The monoisotopic (exact) mass is 759 g/mol. The third kappa shape index (κ3) is 6.70. The summed E-state index contributed by atoms with van der Waals surface area (Å²) in [6.07, 6.45) is -18.6. The van der Waals surface area contributed by atoms with Gasteiger partial charge in [0.05, 0.1) is 40.3 Å². The number of ether oxygens (including phenoxy) is 1. The van der Waals surface area contributed by atoms with Crippen molar-refractivity contribution in [1.82, 2.24) is 4.98 Å². The fourth-order valence-corrected chi connectivity index (χ4v) is 4.91. The van der Waals surface area contributed by atoms with E-state index in [0.29, 0.717) is 6.07 Å². The molecule has 1 atom stereocenters. The minimum atomic E-state index is -6.98. The number of methoxy groups -OCH3 is 1. The highest BCUT2D eigenvalue weighted by atomic mass is 79.9. The first kappa shape index (κ1) is 36.7. The second-order valence-electron chi connectivity index (χ2n) is 9.17. The number of carbonyl (C=O) groups is 2. The first-order chi connectivity index (χ1) is 20.9. The lowest BCUT2D eigenvalue weighted by molar-refractivity contribution is -0.389. The van der Waals surface area contributed by atoms with Crippen LogP contribution in [0, 0.1) is 6.92 Å². The van der Waals surface area contributed by atoms with E-state index in [1.54, 1.807) is 0 Å². The van der Waals surface area contributed by atoms with E-state index < -0.39 is 73.9 Å². The zero-order valence-corrected chi connectivity index (χ0v) is 24.8. The summed E-state index contributed by atoms with van der Waals surface area (Å²) in [5, 5.41) is 3.27. The summed E-state index contributed by atoms with van der Waals surface area (Å²) in [5.41, 5.74) is -11.7. The van der Waals surface area contributed by atoms with Gasteiger partial charge in [-0.25, -0.2) is 9.37 Å². The third-order valence-electron chi connectivity index (χ3n) is 6.19. The lowest BCUT2D eigenvalue weighted by atomic mass is 9.87. The normalized spacial score (nSPS) is 14.0. The molecule has 250 valence electrons. The van der Waals surface area contributed by atoms with Gasteiger partial charge in [0.1, 0.15) is 5.69 Å². The number of halogens is 14. The molecule has 6 nitrogen and oxygen atoms in total. The molecule has 0 radical (unpaired) electrons. The molecule has 0 aliphatic heterocycles. The number of aromatic nitrogens is 1. The van der Waals surface area contributed by atoms with Gasteiger partial charge in [-0.15, -0.1) is 0 Å². The average molecular weight is 761 g/mol. The van der Waals surface area contributed by atoms with Crippen LogP contribution in [-0.4, -0.2) is 42.2 Å². The molecule has 20 heteroatoms. The van der Waals surface area contributed by atoms with Gasteiger partial charge in [-0.05, 0) is 59.3 Å². The zero-order chi connectivity index (χ0) is 35.2. The summed E-state index contributed by atoms with van der Waals surface area (Å²) < 4.78 is 165. The Kier molecular flexibility index (Phi) is 9.95. The van der Waals surface area contributed by atoms with Crippen molar-refractivity contribution in [3.8, 4) is 5.75 Å². The molecule has 0 saturated carbocycles. The predicted molar refractivity (Wildman–Crippen MR) is 142 cm³/mol. The Hall–Kier alpha value is -3.74. The summed E-state index contributed by atoms with van der Waals surface area (Å²) in [6.45, 7) is 1.13. The summed E-state index contributed by atoms with van der Waals surface area (Å²) in [4.78, 5) is 29.2. The van der Waals surface area contributed by atoms with E-state index >= 15 is 0 Å². The second kappa shape index (κ2) is 12.5. The van der Waals surface area contributed by atoms with Gasteiger partial charge in [-0.1, -0.05) is 17.7 Å². The molecule has 0 spiro atoms. The topological polar surface area (TPSA) is 80.3 Å². The molecule has 2 amide bonds. The fourth-order valence-electron chi connectivity index (χ4n) is 3.97. The number of benzene rings is 2. The van der Waals surface area contributed by atoms with Crippen LogP contribution in [0.25, 0.3) is 0 Å². The highest BCUT2D eigenvalue weighted by Gasteiger charge is 2.81. The maximum atomic E-state index is 14.9. The van der Waals surface area contributed by atoms with E-state index in [1.807, 2.05) is 0 Å². The largest absolute Gasteiger partial charge is 0.494 e. The number of hydrogen-bond acceptors (Lipinski definition) is 4. The van der Waals surface area contributed by atoms with Crippen molar-refractivity contribution in [3.05, 3.63) is 80.0 Å². The smallest absolute Gasteiger partial charge is 0.457 e. The van der Waals surface area contributed by atoms with Crippen LogP contribution in [0.2, 0.25) is 5.02 Å². The lowest BCUT2D eigenvalue weighted by Gasteiger charge is -2.36. The lowest BCUT2D eigenvalue weighted by Crippen LogP contribution is -2.59. The molecule has 0 aliphatic carbocycles. The number of amides is 2. The van der Waals surface area contributed by atoms with Crippen molar-refractivity contribution in [2.45, 2.75) is 37.0 Å². The van der Waals surface area contributed by atoms with Crippen molar-refractivity contribution < 1.29 is 67.0 Å². The van der Waals surface area contributed by atoms with Gasteiger partial charge in [0.25, 0.3) is 11.8 Å². The molecule has 0 bridgehead atoms. The molecule has 2 N–H and O–H groups in total. The Balaban J connectivity index is 1.98. The van der Waals surface area contributed by atoms with Crippen LogP contribution < -0.4 is 15.4 Å². The molecule has 3 rings (SSSR count). The molecular weight excluding hydrogens is 746 g/mol. The Labute approximate surface area is 263 Å². The summed E-state index contributed by atoms with van der Waals surface area (Å²) >= 11 is 8.40. The zero-order valence-electron chi connectivity index (χ0n) is 22.5. The van der Waals surface area contributed by atoms with Crippen molar-refractivity contribution in [2.24, 2.45) is 0 Å². The van der Waals surface area contributed by atoms with Gasteiger partial charge in [-0.2, -0.15) is 48.3 Å². The first-order valence-electron chi connectivity index (χ1n) is 11.9. The van der Waals surface area contributed by atoms with Crippen LogP contribution in [0.5, 0.6) is 5.75 Å². The van der Waals surface area contributed by atoms with Crippen molar-refractivity contribution in [2.75, 3.05) is 17.7 Å². The van der Waals surface area contributed by atoms with Crippen molar-refractivity contribution in [1.29, 1.82) is 0 Å². The average Bonchev–Trinajstić information content (AvgIpc) is 2.92. The molecule has 46 heavy (non-hydrogen) atoms. The molecule has 3 aromatic rings. The quantitative estimate of drug-likeness (QED) is 0.236.